The first-order valence-corrected chi connectivity index (χ1v) is 11.6. The number of nitro groups is 1. The summed E-state index contributed by atoms with van der Waals surface area (Å²) in [6, 6.07) is 18.2. The normalized spacial score (nSPS) is 11.5. The molecule has 0 spiro atoms. The Hall–Kier alpha value is -3.89. The van der Waals surface area contributed by atoms with Crippen molar-refractivity contribution in [3.63, 3.8) is 0 Å². The Morgan fingerprint density at radius 1 is 1.00 bits per heavy atom. The second kappa shape index (κ2) is 8.93. The molecule has 2 N–H and O–H groups in total. The molecule has 0 atom stereocenters. The molecule has 0 aliphatic rings. The Morgan fingerprint density at radius 3 is 2.45 bits per heavy atom. The summed E-state index contributed by atoms with van der Waals surface area (Å²) in [5.41, 5.74) is 5.68. The molecular formula is C23H21N5O4S. The molecule has 10 heteroatoms. The van der Waals surface area contributed by atoms with E-state index in [0.29, 0.717) is 16.7 Å². The zero-order valence-electron chi connectivity index (χ0n) is 17.9. The first kappa shape index (κ1) is 22.3. The van der Waals surface area contributed by atoms with E-state index in [0.717, 1.165) is 23.1 Å². The Balaban J connectivity index is 1.78. The lowest BCUT2D eigenvalue weighted by Crippen LogP contribution is -2.30. The molecule has 0 saturated carbocycles. The molecule has 0 aliphatic heterocycles. The summed E-state index contributed by atoms with van der Waals surface area (Å²) in [6.45, 7) is 3.89. The van der Waals surface area contributed by atoms with E-state index in [2.05, 4.69) is 20.2 Å². The molecule has 33 heavy (non-hydrogen) atoms. The van der Waals surface area contributed by atoms with Gasteiger partial charge >= 0.3 is 0 Å². The molecule has 0 fully saturated rings. The van der Waals surface area contributed by atoms with Crippen molar-refractivity contribution in [1.82, 2.24) is 14.8 Å². The molecule has 4 rings (SSSR count). The monoisotopic (exact) mass is 463 g/mol. The Labute approximate surface area is 190 Å². The second-order valence-corrected chi connectivity index (χ2v) is 9.13. The van der Waals surface area contributed by atoms with Gasteiger partial charge in [-0.2, -0.15) is 0 Å². The van der Waals surface area contributed by atoms with E-state index in [9.17, 15) is 18.5 Å². The van der Waals surface area contributed by atoms with E-state index < -0.39 is 14.9 Å². The van der Waals surface area contributed by atoms with Gasteiger partial charge in [-0.05, 0) is 43.2 Å². The maximum atomic E-state index is 12.7. The number of sulfonamides is 1. The zero-order chi connectivity index (χ0) is 23.6. The Morgan fingerprint density at radius 2 is 1.76 bits per heavy atom. The fourth-order valence-corrected chi connectivity index (χ4v) is 4.12. The third kappa shape index (κ3) is 4.81. The van der Waals surface area contributed by atoms with Crippen LogP contribution in [0.5, 0.6) is 0 Å². The average molecular weight is 464 g/mol. The zero-order valence-corrected chi connectivity index (χ0v) is 18.8. The number of nitrogens with zero attached hydrogens (tertiary/aromatic N) is 3. The first-order valence-electron chi connectivity index (χ1n) is 10.2. The van der Waals surface area contributed by atoms with Gasteiger partial charge in [0.05, 0.1) is 20.7 Å². The summed E-state index contributed by atoms with van der Waals surface area (Å²) in [6.07, 6.45) is 0.828. The lowest BCUT2D eigenvalue weighted by Gasteiger charge is -2.13. The van der Waals surface area contributed by atoms with E-state index >= 15 is 0 Å². The van der Waals surface area contributed by atoms with E-state index in [-0.39, 0.29) is 16.4 Å². The quantitative estimate of drug-likeness (QED) is 0.307. The van der Waals surface area contributed by atoms with E-state index in [1.54, 1.807) is 12.1 Å². The minimum absolute atomic E-state index is 0.0702. The number of hydrogen-bond donors (Lipinski definition) is 2. The van der Waals surface area contributed by atoms with Crippen LogP contribution in [0.15, 0.2) is 71.6 Å². The van der Waals surface area contributed by atoms with E-state index in [4.69, 9.17) is 0 Å². The summed E-state index contributed by atoms with van der Waals surface area (Å²) < 4.78 is 25.5. The van der Waals surface area contributed by atoms with Crippen LogP contribution in [0.3, 0.4) is 0 Å². The smallest absolute Gasteiger partial charge is 0.270 e. The lowest BCUT2D eigenvalue weighted by molar-refractivity contribution is -0.384. The highest BCUT2D eigenvalue weighted by molar-refractivity contribution is 7.89. The maximum Gasteiger partial charge on any atom is 0.270 e. The SMILES string of the molecule is CCc1cccc(-c2nc(NNS(=O)(=O)c3ccc(C)cc3)c3cc([N+](=O)[O-])ccc3n2)c1. The number of non-ortho nitro benzene ring substituents is 1. The van der Waals surface area contributed by atoms with Crippen LogP contribution in [0.4, 0.5) is 11.5 Å². The summed E-state index contributed by atoms with van der Waals surface area (Å²) in [4.78, 5) is 22.2. The molecule has 3 aromatic carbocycles. The molecule has 9 nitrogen and oxygen atoms in total. The van der Waals surface area contributed by atoms with Gasteiger partial charge in [0.2, 0.25) is 0 Å². The van der Waals surface area contributed by atoms with Crippen LogP contribution in [0, 0.1) is 17.0 Å². The van der Waals surface area contributed by atoms with Crippen molar-refractivity contribution < 1.29 is 13.3 Å². The number of aryl methyl sites for hydroxylation is 2. The number of nitrogens with one attached hydrogen (secondary N) is 2. The van der Waals surface area contributed by atoms with Crippen molar-refractivity contribution in [3.05, 3.63) is 88.0 Å². The second-order valence-electron chi connectivity index (χ2n) is 7.45. The number of aromatic nitrogens is 2. The predicted octanol–water partition coefficient (Wildman–Crippen LogP) is 4.38. The standard InChI is InChI=1S/C23H21N5O4S/c1-3-16-5-4-6-17(13-16)22-24-21-12-9-18(28(29)30)14-20(21)23(25-22)26-27-33(31,32)19-10-7-15(2)8-11-19/h4-14,27H,3H2,1-2H3,(H,24,25,26). The highest BCUT2D eigenvalue weighted by Crippen LogP contribution is 2.28. The molecule has 0 radical (unpaired) electrons. The highest BCUT2D eigenvalue weighted by atomic mass is 32.2. The molecule has 1 heterocycles. The summed E-state index contributed by atoms with van der Waals surface area (Å²) >= 11 is 0. The van der Waals surface area contributed by atoms with Gasteiger partial charge in [0.1, 0.15) is 0 Å². The van der Waals surface area contributed by atoms with Crippen LogP contribution in [-0.2, 0) is 16.4 Å². The largest absolute Gasteiger partial charge is 0.291 e. The number of fused-ring (bicyclic) bond motifs is 1. The van der Waals surface area contributed by atoms with E-state index in [1.165, 1.54) is 30.3 Å². The highest BCUT2D eigenvalue weighted by Gasteiger charge is 2.18. The molecule has 0 bridgehead atoms. The first-order chi connectivity index (χ1) is 15.8. The third-order valence-corrected chi connectivity index (χ3v) is 6.38. The molecule has 0 amide bonds. The number of benzene rings is 3. The van der Waals surface area contributed by atoms with Crippen LogP contribution >= 0.6 is 0 Å². The van der Waals surface area contributed by atoms with Gasteiger partial charge in [-0.15, -0.1) is 4.83 Å². The summed E-state index contributed by atoms with van der Waals surface area (Å²) in [5.74, 6) is 0.472. The van der Waals surface area contributed by atoms with Crippen LogP contribution in [-0.4, -0.2) is 23.3 Å². The Bertz CT molecular complexity index is 1450. The van der Waals surface area contributed by atoms with Gasteiger partial charge in [0.15, 0.2) is 11.6 Å². The molecule has 1 aromatic heterocycles. The minimum atomic E-state index is -3.91. The molecule has 4 aromatic rings. The summed E-state index contributed by atoms with van der Waals surface area (Å²) in [7, 11) is -3.91. The number of hydrogen-bond acceptors (Lipinski definition) is 7. The van der Waals surface area contributed by atoms with Crippen molar-refractivity contribution in [2.24, 2.45) is 0 Å². The van der Waals surface area contributed by atoms with Crippen molar-refractivity contribution in [2.45, 2.75) is 25.2 Å². The molecule has 0 saturated heterocycles. The van der Waals surface area contributed by atoms with Gasteiger partial charge in [0, 0.05) is 17.7 Å². The maximum absolute atomic E-state index is 12.7. The van der Waals surface area contributed by atoms with Crippen LogP contribution in [0.25, 0.3) is 22.3 Å². The fourth-order valence-electron chi connectivity index (χ4n) is 3.28. The van der Waals surface area contributed by atoms with Gasteiger partial charge < -0.3 is 0 Å². The summed E-state index contributed by atoms with van der Waals surface area (Å²) in [5, 5.41) is 11.6. The molecule has 0 aliphatic carbocycles. The van der Waals surface area contributed by atoms with E-state index in [1.807, 2.05) is 38.1 Å². The lowest BCUT2D eigenvalue weighted by atomic mass is 10.1. The van der Waals surface area contributed by atoms with Crippen LogP contribution in [0.1, 0.15) is 18.1 Å². The minimum Gasteiger partial charge on any atom is -0.291 e. The molecule has 168 valence electrons. The van der Waals surface area contributed by atoms with Gasteiger partial charge in [-0.25, -0.2) is 18.4 Å². The topological polar surface area (TPSA) is 127 Å². The number of hydrazine groups is 1. The van der Waals surface area contributed by atoms with Crippen LogP contribution in [0.2, 0.25) is 0 Å². The number of anilines is 1. The average Bonchev–Trinajstić information content (AvgIpc) is 2.82. The Kier molecular flexibility index (Phi) is 6.03. The van der Waals surface area contributed by atoms with Crippen molar-refractivity contribution in [3.8, 4) is 11.4 Å². The number of rotatable bonds is 7. The van der Waals surface area contributed by atoms with Gasteiger partial charge in [0.25, 0.3) is 15.7 Å². The predicted molar refractivity (Wildman–Crippen MR) is 126 cm³/mol. The van der Waals surface area contributed by atoms with Crippen molar-refractivity contribution in [2.75, 3.05) is 5.43 Å². The van der Waals surface area contributed by atoms with Crippen molar-refractivity contribution in [1.29, 1.82) is 0 Å². The van der Waals surface area contributed by atoms with Crippen molar-refractivity contribution >= 4 is 32.4 Å². The third-order valence-electron chi connectivity index (χ3n) is 5.12. The fraction of sp³-hybridized carbons (Fsp3) is 0.130. The van der Waals surface area contributed by atoms with Gasteiger partial charge in [-0.3, -0.25) is 15.5 Å². The molecule has 0 unspecified atom stereocenters. The van der Waals surface area contributed by atoms with Gasteiger partial charge in [-0.1, -0.05) is 42.8 Å². The van der Waals surface area contributed by atoms with Crippen LogP contribution < -0.4 is 10.3 Å². The molecular weight excluding hydrogens is 442 g/mol. The number of nitro benzene ring substituents is 1.